The lowest BCUT2D eigenvalue weighted by Crippen LogP contribution is -2.31. The molecule has 0 radical (unpaired) electrons. The van der Waals surface area contributed by atoms with Crippen LogP contribution in [0.2, 0.25) is 0 Å². The number of nitrogens with one attached hydrogen (secondary N) is 2. The second kappa shape index (κ2) is 10.8. The minimum atomic E-state index is -0.274. The average Bonchev–Trinajstić information content (AvgIpc) is 2.70. The highest BCUT2D eigenvalue weighted by atomic mass is 16.5. The molecular weight excluding hydrogens is 356 g/mol. The Hall–Kier alpha value is -3.22. The standard InChI is InChI=1S/C21H28N4O3/c1-24(2)20(26)16-28-19-12-7-9-17(15-19)23-21(27)22-13-8-14-25(3)18-10-5-4-6-11-18/h4-7,9-12,15H,8,13-14,16H2,1-3H3,(H2,22,23,27). The van der Waals surface area contributed by atoms with E-state index in [0.717, 1.165) is 18.7 Å². The van der Waals surface area contributed by atoms with Crippen molar-refractivity contribution in [1.29, 1.82) is 0 Å². The van der Waals surface area contributed by atoms with Crippen molar-refractivity contribution >= 4 is 23.3 Å². The normalized spacial score (nSPS) is 10.1. The van der Waals surface area contributed by atoms with E-state index in [1.165, 1.54) is 4.90 Å². The molecule has 2 N–H and O–H groups in total. The zero-order valence-corrected chi connectivity index (χ0v) is 16.6. The van der Waals surface area contributed by atoms with E-state index >= 15 is 0 Å². The topological polar surface area (TPSA) is 73.9 Å². The Morgan fingerprint density at radius 1 is 1.00 bits per heavy atom. The molecule has 2 aromatic carbocycles. The first-order valence-electron chi connectivity index (χ1n) is 9.20. The molecule has 2 rings (SSSR count). The molecule has 0 aromatic heterocycles. The second-order valence-corrected chi connectivity index (χ2v) is 6.60. The molecule has 2 aromatic rings. The van der Waals surface area contributed by atoms with Crippen LogP contribution in [-0.4, -0.2) is 57.7 Å². The third-order valence-electron chi connectivity index (χ3n) is 4.11. The van der Waals surface area contributed by atoms with E-state index in [0.29, 0.717) is 18.0 Å². The SMILES string of the molecule is CN(C)C(=O)COc1cccc(NC(=O)NCCCN(C)c2ccccc2)c1. The number of anilines is 2. The monoisotopic (exact) mass is 384 g/mol. The number of carbonyl (C=O) groups excluding carboxylic acids is 2. The third-order valence-corrected chi connectivity index (χ3v) is 4.11. The Kier molecular flexibility index (Phi) is 8.14. The highest BCUT2D eigenvalue weighted by Gasteiger charge is 2.07. The van der Waals surface area contributed by atoms with Crippen LogP contribution in [0.4, 0.5) is 16.2 Å². The van der Waals surface area contributed by atoms with Crippen LogP contribution in [0.25, 0.3) is 0 Å². The smallest absolute Gasteiger partial charge is 0.319 e. The van der Waals surface area contributed by atoms with E-state index in [2.05, 4.69) is 27.7 Å². The fraction of sp³-hybridized carbons (Fsp3) is 0.333. The Labute approximate surface area is 166 Å². The first kappa shape index (κ1) is 21.1. The van der Waals surface area contributed by atoms with Crippen LogP contribution in [0.5, 0.6) is 5.75 Å². The zero-order valence-electron chi connectivity index (χ0n) is 16.6. The van der Waals surface area contributed by atoms with Gasteiger partial charge in [0.25, 0.3) is 5.91 Å². The molecule has 0 atom stereocenters. The Bertz CT molecular complexity index is 765. The summed E-state index contributed by atoms with van der Waals surface area (Å²) < 4.78 is 5.45. The van der Waals surface area contributed by atoms with Crippen LogP contribution in [0.15, 0.2) is 54.6 Å². The first-order chi connectivity index (χ1) is 13.5. The van der Waals surface area contributed by atoms with Gasteiger partial charge in [0, 0.05) is 51.7 Å². The molecule has 0 spiro atoms. The minimum Gasteiger partial charge on any atom is -0.484 e. The first-order valence-corrected chi connectivity index (χ1v) is 9.20. The molecule has 3 amide bonds. The molecule has 0 saturated carbocycles. The van der Waals surface area contributed by atoms with Crippen LogP contribution in [0.1, 0.15) is 6.42 Å². The lowest BCUT2D eigenvalue weighted by molar-refractivity contribution is -0.130. The van der Waals surface area contributed by atoms with E-state index in [1.807, 2.05) is 25.2 Å². The molecule has 7 nitrogen and oxygen atoms in total. The van der Waals surface area contributed by atoms with E-state index in [1.54, 1.807) is 38.4 Å². The van der Waals surface area contributed by atoms with Gasteiger partial charge in [0.2, 0.25) is 0 Å². The van der Waals surface area contributed by atoms with Gasteiger partial charge < -0.3 is 25.2 Å². The zero-order chi connectivity index (χ0) is 20.4. The molecule has 7 heteroatoms. The molecule has 0 unspecified atom stereocenters. The van der Waals surface area contributed by atoms with Gasteiger partial charge in [0.15, 0.2) is 6.61 Å². The predicted molar refractivity (Wildman–Crippen MR) is 112 cm³/mol. The molecule has 0 fully saturated rings. The maximum absolute atomic E-state index is 12.1. The van der Waals surface area contributed by atoms with Crippen molar-refractivity contribution in [1.82, 2.24) is 10.2 Å². The fourth-order valence-corrected chi connectivity index (χ4v) is 2.44. The van der Waals surface area contributed by atoms with Crippen molar-refractivity contribution in [3.63, 3.8) is 0 Å². The Morgan fingerprint density at radius 2 is 1.75 bits per heavy atom. The molecule has 0 bridgehead atoms. The minimum absolute atomic E-state index is 0.0441. The summed E-state index contributed by atoms with van der Waals surface area (Å²) in [4.78, 5) is 27.2. The summed E-state index contributed by atoms with van der Waals surface area (Å²) in [5.41, 5.74) is 1.75. The fourth-order valence-electron chi connectivity index (χ4n) is 2.44. The summed E-state index contributed by atoms with van der Waals surface area (Å²) in [5, 5.41) is 5.62. The van der Waals surface area contributed by atoms with Gasteiger partial charge in [-0.05, 0) is 30.7 Å². The summed E-state index contributed by atoms with van der Waals surface area (Å²) in [6, 6.07) is 16.8. The summed E-state index contributed by atoms with van der Waals surface area (Å²) in [6.07, 6.45) is 0.828. The van der Waals surface area contributed by atoms with Crippen LogP contribution < -0.4 is 20.3 Å². The molecule has 150 valence electrons. The molecule has 28 heavy (non-hydrogen) atoms. The van der Waals surface area contributed by atoms with Crippen molar-refractivity contribution in [3.8, 4) is 5.75 Å². The van der Waals surface area contributed by atoms with Crippen LogP contribution in [0, 0.1) is 0 Å². The largest absolute Gasteiger partial charge is 0.484 e. The third kappa shape index (κ3) is 7.19. The number of urea groups is 1. The molecule has 0 saturated heterocycles. The molecule has 0 aliphatic rings. The van der Waals surface area contributed by atoms with Crippen molar-refractivity contribution in [2.24, 2.45) is 0 Å². The number of ether oxygens (including phenoxy) is 1. The van der Waals surface area contributed by atoms with Crippen LogP contribution in [-0.2, 0) is 4.79 Å². The molecular formula is C21H28N4O3. The quantitative estimate of drug-likeness (QED) is 0.652. The van der Waals surface area contributed by atoms with Gasteiger partial charge in [0.05, 0.1) is 0 Å². The lowest BCUT2D eigenvalue weighted by atomic mass is 10.3. The number of hydrogen-bond donors (Lipinski definition) is 2. The van der Waals surface area contributed by atoms with Gasteiger partial charge in [-0.15, -0.1) is 0 Å². The van der Waals surface area contributed by atoms with Crippen molar-refractivity contribution in [2.75, 3.05) is 51.1 Å². The number of likely N-dealkylation sites (N-methyl/N-ethyl adjacent to an activating group) is 1. The van der Waals surface area contributed by atoms with Gasteiger partial charge in [0.1, 0.15) is 5.75 Å². The van der Waals surface area contributed by atoms with Gasteiger partial charge in [-0.1, -0.05) is 24.3 Å². The summed E-state index contributed by atoms with van der Waals surface area (Å²) in [5.74, 6) is 0.397. The number of hydrogen-bond acceptors (Lipinski definition) is 4. The summed E-state index contributed by atoms with van der Waals surface area (Å²) >= 11 is 0. The molecule has 0 aliphatic carbocycles. The highest BCUT2D eigenvalue weighted by molar-refractivity contribution is 5.89. The van der Waals surface area contributed by atoms with Crippen molar-refractivity contribution < 1.29 is 14.3 Å². The predicted octanol–water partition coefficient (Wildman–Crippen LogP) is 2.80. The van der Waals surface area contributed by atoms with Gasteiger partial charge in [-0.2, -0.15) is 0 Å². The number of para-hydroxylation sites is 1. The van der Waals surface area contributed by atoms with E-state index < -0.39 is 0 Å². The number of amides is 3. The van der Waals surface area contributed by atoms with Crippen LogP contribution in [0.3, 0.4) is 0 Å². The average molecular weight is 384 g/mol. The van der Waals surface area contributed by atoms with Crippen molar-refractivity contribution in [2.45, 2.75) is 6.42 Å². The van der Waals surface area contributed by atoms with Gasteiger partial charge >= 0.3 is 6.03 Å². The number of benzene rings is 2. The second-order valence-electron chi connectivity index (χ2n) is 6.60. The summed E-state index contributed by atoms with van der Waals surface area (Å²) in [6.45, 7) is 1.36. The number of nitrogens with zero attached hydrogens (tertiary/aromatic N) is 2. The Morgan fingerprint density at radius 3 is 2.46 bits per heavy atom. The highest BCUT2D eigenvalue weighted by Crippen LogP contribution is 2.17. The number of carbonyl (C=O) groups is 2. The van der Waals surface area contributed by atoms with Gasteiger partial charge in [-0.3, -0.25) is 4.79 Å². The molecule has 0 heterocycles. The van der Waals surface area contributed by atoms with Gasteiger partial charge in [-0.25, -0.2) is 4.79 Å². The maximum Gasteiger partial charge on any atom is 0.319 e. The van der Waals surface area contributed by atoms with Crippen molar-refractivity contribution in [3.05, 3.63) is 54.6 Å². The number of rotatable bonds is 9. The maximum atomic E-state index is 12.1. The van der Waals surface area contributed by atoms with Crippen LogP contribution >= 0.6 is 0 Å². The van der Waals surface area contributed by atoms with E-state index in [4.69, 9.17) is 4.74 Å². The van der Waals surface area contributed by atoms with E-state index in [-0.39, 0.29) is 18.5 Å². The molecule has 0 aliphatic heterocycles. The summed E-state index contributed by atoms with van der Waals surface area (Å²) in [7, 11) is 5.37. The lowest BCUT2D eigenvalue weighted by Gasteiger charge is -2.19. The van der Waals surface area contributed by atoms with E-state index in [9.17, 15) is 9.59 Å². The Balaban J connectivity index is 1.71.